The number of anilines is 2. The summed E-state index contributed by atoms with van der Waals surface area (Å²) in [6, 6.07) is 11.5. The monoisotopic (exact) mass is 338 g/mol. The number of aryl methyl sites for hydroxylation is 1. The van der Waals surface area contributed by atoms with Crippen molar-refractivity contribution in [1.29, 1.82) is 0 Å². The number of benzene rings is 1. The van der Waals surface area contributed by atoms with Crippen molar-refractivity contribution in [1.82, 2.24) is 14.5 Å². The number of fused-ring (bicyclic) bond motifs is 3. The Labute approximate surface area is 141 Å². The number of rotatable bonds is 2. The molecule has 6 nitrogen and oxygen atoms in total. The maximum absolute atomic E-state index is 12.2. The second-order valence-corrected chi connectivity index (χ2v) is 6.29. The standard InChI is InChI=1S/C17H14N4O2S/c1-10-7-8-11(9-18-10)19-16-20-14-12-5-3-4-6-13(12)21(15(14)24-16)17(22)23-2/h3-9H,1-2H3,(H,19,20). The summed E-state index contributed by atoms with van der Waals surface area (Å²) in [4.78, 5) is 21.9. The Morgan fingerprint density at radius 2 is 2.08 bits per heavy atom. The van der Waals surface area contributed by atoms with Gasteiger partial charge in [0.25, 0.3) is 0 Å². The lowest BCUT2D eigenvalue weighted by Gasteiger charge is -2.03. The fourth-order valence-electron chi connectivity index (χ4n) is 2.61. The first-order chi connectivity index (χ1) is 11.7. The van der Waals surface area contributed by atoms with Crippen molar-refractivity contribution in [3.8, 4) is 0 Å². The molecule has 0 spiro atoms. The first kappa shape index (κ1) is 14.6. The normalized spacial score (nSPS) is 11.1. The molecule has 0 atom stereocenters. The number of nitrogens with one attached hydrogen (secondary N) is 1. The van der Waals surface area contributed by atoms with E-state index in [1.807, 2.05) is 43.3 Å². The zero-order valence-electron chi connectivity index (χ0n) is 13.1. The number of ether oxygens (including phenoxy) is 1. The van der Waals surface area contributed by atoms with Crippen LogP contribution in [0.25, 0.3) is 21.3 Å². The lowest BCUT2D eigenvalue weighted by Crippen LogP contribution is -2.09. The smallest absolute Gasteiger partial charge is 0.419 e. The minimum Gasteiger partial charge on any atom is -0.452 e. The molecule has 4 aromatic rings. The van der Waals surface area contributed by atoms with Crippen LogP contribution < -0.4 is 5.32 Å². The molecule has 4 rings (SSSR count). The van der Waals surface area contributed by atoms with Crippen molar-refractivity contribution >= 4 is 49.5 Å². The van der Waals surface area contributed by atoms with Crippen LogP contribution in [0.4, 0.5) is 15.6 Å². The largest absolute Gasteiger partial charge is 0.452 e. The molecule has 0 aliphatic rings. The molecule has 120 valence electrons. The predicted molar refractivity (Wildman–Crippen MR) is 95.2 cm³/mol. The average molecular weight is 338 g/mol. The number of hydrogen-bond acceptors (Lipinski definition) is 6. The summed E-state index contributed by atoms with van der Waals surface area (Å²) >= 11 is 1.40. The quantitative estimate of drug-likeness (QED) is 0.590. The van der Waals surface area contributed by atoms with Gasteiger partial charge < -0.3 is 10.1 Å². The zero-order valence-corrected chi connectivity index (χ0v) is 13.9. The molecule has 1 N–H and O–H groups in total. The van der Waals surface area contributed by atoms with E-state index in [1.54, 1.807) is 10.8 Å². The number of carbonyl (C=O) groups excluding carboxylic acids is 1. The van der Waals surface area contributed by atoms with Gasteiger partial charge >= 0.3 is 6.09 Å². The third-order valence-corrected chi connectivity index (χ3v) is 4.69. The molecule has 7 heteroatoms. The van der Waals surface area contributed by atoms with Crippen LogP contribution in [0, 0.1) is 6.92 Å². The van der Waals surface area contributed by atoms with Crippen molar-refractivity contribution in [2.24, 2.45) is 0 Å². The van der Waals surface area contributed by atoms with E-state index in [9.17, 15) is 4.79 Å². The Bertz CT molecular complexity index is 1050. The van der Waals surface area contributed by atoms with Gasteiger partial charge in [-0.25, -0.2) is 14.3 Å². The van der Waals surface area contributed by atoms with E-state index in [0.717, 1.165) is 32.6 Å². The maximum atomic E-state index is 12.2. The van der Waals surface area contributed by atoms with Crippen LogP contribution >= 0.6 is 11.3 Å². The molecule has 0 amide bonds. The Morgan fingerprint density at radius 1 is 1.25 bits per heavy atom. The first-order valence-corrected chi connectivity index (χ1v) is 8.17. The van der Waals surface area contributed by atoms with Crippen molar-refractivity contribution < 1.29 is 9.53 Å². The molecule has 0 aliphatic heterocycles. The van der Waals surface area contributed by atoms with Crippen molar-refractivity contribution in [3.05, 3.63) is 48.3 Å². The lowest BCUT2D eigenvalue weighted by molar-refractivity contribution is 0.175. The Balaban J connectivity index is 1.85. The molecule has 0 unspecified atom stereocenters. The van der Waals surface area contributed by atoms with Crippen LogP contribution in [0.3, 0.4) is 0 Å². The molecule has 3 heterocycles. The van der Waals surface area contributed by atoms with E-state index in [4.69, 9.17) is 4.74 Å². The number of pyridine rings is 1. The molecule has 1 aromatic carbocycles. The molecular formula is C17H14N4O2S. The number of aromatic nitrogens is 3. The molecule has 0 saturated heterocycles. The van der Waals surface area contributed by atoms with Gasteiger partial charge in [-0.3, -0.25) is 4.98 Å². The van der Waals surface area contributed by atoms with Crippen LogP contribution in [0.5, 0.6) is 0 Å². The summed E-state index contributed by atoms with van der Waals surface area (Å²) in [7, 11) is 1.38. The average Bonchev–Trinajstić information content (AvgIpc) is 3.12. The Morgan fingerprint density at radius 3 is 2.83 bits per heavy atom. The number of nitrogens with zero attached hydrogens (tertiary/aromatic N) is 3. The first-order valence-electron chi connectivity index (χ1n) is 7.35. The summed E-state index contributed by atoms with van der Waals surface area (Å²) in [6.07, 6.45) is 1.34. The van der Waals surface area contributed by atoms with E-state index >= 15 is 0 Å². The summed E-state index contributed by atoms with van der Waals surface area (Å²) in [6.45, 7) is 1.94. The van der Waals surface area contributed by atoms with Gasteiger partial charge in [-0.2, -0.15) is 0 Å². The van der Waals surface area contributed by atoms with Crippen LogP contribution in [0.2, 0.25) is 0 Å². The second-order valence-electron chi connectivity index (χ2n) is 5.31. The third-order valence-electron chi connectivity index (χ3n) is 3.73. The number of carbonyl (C=O) groups is 1. The van der Waals surface area contributed by atoms with Gasteiger partial charge in [-0.05, 0) is 25.1 Å². The number of hydrogen-bond donors (Lipinski definition) is 1. The van der Waals surface area contributed by atoms with Crippen molar-refractivity contribution in [3.63, 3.8) is 0 Å². The fourth-order valence-corrected chi connectivity index (χ4v) is 3.61. The minimum atomic E-state index is -0.423. The highest BCUT2D eigenvalue weighted by Crippen LogP contribution is 2.35. The van der Waals surface area contributed by atoms with Gasteiger partial charge in [0.15, 0.2) is 5.13 Å². The van der Waals surface area contributed by atoms with E-state index < -0.39 is 6.09 Å². The van der Waals surface area contributed by atoms with Crippen LogP contribution in [0.1, 0.15) is 5.69 Å². The molecule has 0 saturated carbocycles. The fraction of sp³-hybridized carbons (Fsp3) is 0.118. The summed E-state index contributed by atoms with van der Waals surface area (Å²) in [5.74, 6) is 0. The molecular weight excluding hydrogens is 324 g/mol. The zero-order chi connectivity index (χ0) is 16.7. The van der Waals surface area contributed by atoms with E-state index in [-0.39, 0.29) is 0 Å². The van der Waals surface area contributed by atoms with Gasteiger partial charge in [0, 0.05) is 11.1 Å². The van der Waals surface area contributed by atoms with Crippen LogP contribution in [-0.2, 0) is 4.74 Å². The number of thiazole rings is 1. The highest BCUT2D eigenvalue weighted by molar-refractivity contribution is 7.22. The molecule has 0 fully saturated rings. The number of methoxy groups -OCH3 is 1. The predicted octanol–water partition coefficient (Wildman–Crippen LogP) is 4.31. The maximum Gasteiger partial charge on any atom is 0.419 e. The summed E-state index contributed by atoms with van der Waals surface area (Å²) in [5, 5.41) is 4.86. The SMILES string of the molecule is COC(=O)n1c2ccccc2c2nc(Nc3ccc(C)nc3)sc21. The van der Waals surface area contributed by atoms with Gasteiger partial charge in [0.2, 0.25) is 0 Å². The Kier molecular flexibility index (Phi) is 3.42. The van der Waals surface area contributed by atoms with E-state index in [1.165, 1.54) is 18.4 Å². The topological polar surface area (TPSA) is 69.0 Å². The van der Waals surface area contributed by atoms with Crippen LogP contribution in [-0.4, -0.2) is 27.7 Å². The van der Waals surface area contributed by atoms with Gasteiger partial charge in [-0.1, -0.05) is 29.5 Å². The highest BCUT2D eigenvalue weighted by Gasteiger charge is 2.20. The highest BCUT2D eigenvalue weighted by atomic mass is 32.1. The molecule has 0 bridgehead atoms. The van der Waals surface area contributed by atoms with E-state index in [0.29, 0.717) is 5.13 Å². The molecule has 0 aliphatic carbocycles. The number of para-hydroxylation sites is 1. The lowest BCUT2D eigenvalue weighted by atomic mass is 10.2. The van der Waals surface area contributed by atoms with Gasteiger partial charge in [0.1, 0.15) is 10.3 Å². The van der Waals surface area contributed by atoms with Gasteiger partial charge in [-0.15, -0.1) is 0 Å². The van der Waals surface area contributed by atoms with Crippen molar-refractivity contribution in [2.45, 2.75) is 6.92 Å². The van der Waals surface area contributed by atoms with E-state index in [2.05, 4.69) is 15.3 Å². The van der Waals surface area contributed by atoms with Gasteiger partial charge in [0.05, 0.1) is 24.5 Å². The molecule has 0 radical (unpaired) electrons. The van der Waals surface area contributed by atoms with Crippen molar-refractivity contribution in [2.75, 3.05) is 12.4 Å². The summed E-state index contributed by atoms with van der Waals surface area (Å²) < 4.78 is 6.48. The molecule has 24 heavy (non-hydrogen) atoms. The minimum absolute atomic E-state index is 0.423. The molecule has 3 aromatic heterocycles. The summed E-state index contributed by atoms with van der Waals surface area (Å²) in [5.41, 5.74) is 3.38. The van der Waals surface area contributed by atoms with Crippen LogP contribution in [0.15, 0.2) is 42.6 Å². The second kappa shape index (κ2) is 5.61. The third kappa shape index (κ3) is 2.30. The Hall–Kier alpha value is -2.93.